The predicted molar refractivity (Wildman–Crippen MR) is 114 cm³/mol. The van der Waals surface area contributed by atoms with Gasteiger partial charge in [0.05, 0.1) is 25.8 Å². The molecule has 0 heterocycles. The molecule has 26 heavy (non-hydrogen) atoms. The normalized spacial score (nSPS) is 11.8. The summed E-state index contributed by atoms with van der Waals surface area (Å²) >= 11 is 0. The van der Waals surface area contributed by atoms with Gasteiger partial charge in [0.2, 0.25) is 5.91 Å². The van der Waals surface area contributed by atoms with Crippen molar-refractivity contribution in [3.8, 4) is 0 Å². The minimum atomic E-state index is -0.363. The molecule has 0 saturated carbocycles. The molecule has 146 valence electrons. The summed E-state index contributed by atoms with van der Waals surface area (Å²) in [5.41, 5.74) is 1.46. The third-order valence-corrected chi connectivity index (χ3v) is 3.70. The molecule has 0 bridgehead atoms. The first-order valence-electron chi connectivity index (χ1n) is 8.29. The van der Waals surface area contributed by atoms with Crippen molar-refractivity contribution in [2.24, 2.45) is 4.99 Å². The van der Waals surface area contributed by atoms with E-state index >= 15 is 0 Å². The molecule has 0 saturated heterocycles. The smallest absolute Gasteiger partial charge is 0.337 e. The van der Waals surface area contributed by atoms with E-state index in [-0.39, 0.29) is 48.4 Å². The van der Waals surface area contributed by atoms with Crippen molar-refractivity contribution >= 4 is 41.8 Å². The van der Waals surface area contributed by atoms with E-state index in [0.717, 1.165) is 12.0 Å². The lowest BCUT2D eigenvalue weighted by molar-refractivity contribution is -0.127. The predicted octanol–water partition coefficient (Wildman–Crippen LogP) is 2.01. The lowest BCUT2D eigenvalue weighted by atomic mass is 10.1. The van der Waals surface area contributed by atoms with Gasteiger partial charge in [0.1, 0.15) is 0 Å². The molecule has 2 N–H and O–H groups in total. The van der Waals surface area contributed by atoms with Gasteiger partial charge in [-0.25, -0.2) is 9.79 Å². The number of carbonyl (C=O) groups excluding carboxylic acids is 2. The summed E-state index contributed by atoms with van der Waals surface area (Å²) in [6, 6.07) is 7.33. The lowest BCUT2D eigenvalue weighted by Crippen LogP contribution is -2.45. The molecule has 1 amide bonds. The molecule has 0 fully saturated rings. The number of benzene rings is 1. The Kier molecular flexibility index (Phi) is 11.6. The van der Waals surface area contributed by atoms with Crippen LogP contribution in [0.3, 0.4) is 0 Å². The first kappa shape index (κ1) is 24.2. The van der Waals surface area contributed by atoms with Crippen LogP contribution in [0.4, 0.5) is 0 Å². The van der Waals surface area contributed by atoms with E-state index in [4.69, 9.17) is 0 Å². The fourth-order valence-corrected chi connectivity index (χ4v) is 1.84. The summed E-state index contributed by atoms with van der Waals surface area (Å²) in [7, 11) is 4.78. The number of nitrogens with one attached hydrogen (secondary N) is 2. The van der Waals surface area contributed by atoms with Crippen LogP contribution in [-0.4, -0.2) is 56.5 Å². The summed E-state index contributed by atoms with van der Waals surface area (Å²) in [6.45, 7) is 4.74. The summed E-state index contributed by atoms with van der Waals surface area (Å²) in [6.07, 6.45) is 0.941. The van der Waals surface area contributed by atoms with E-state index in [9.17, 15) is 9.59 Å². The second-order valence-electron chi connectivity index (χ2n) is 5.95. The van der Waals surface area contributed by atoms with Crippen molar-refractivity contribution in [3.05, 3.63) is 35.4 Å². The van der Waals surface area contributed by atoms with Gasteiger partial charge in [-0.2, -0.15) is 0 Å². The van der Waals surface area contributed by atoms with Crippen LogP contribution in [0.5, 0.6) is 0 Å². The van der Waals surface area contributed by atoms with Gasteiger partial charge in [-0.15, -0.1) is 24.0 Å². The maximum Gasteiger partial charge on any atom is 0.337 e. The number of ether oxygens (including phenoxy) is 1. The van der Waals surface area contributed by atoms with Crippen molar-refractivity contribution < 1.29 is 14.3 Å². The number of amides is 1. The van der Waals surface area contributed by atoms with E-state index < -0.39 is 0 Å². The van der Waals surface area contributed by atoms with Gasteiger partial charge in [-0.05, 0) is 31.0 Å². The molecule has 0 aliphatic heterocycles. The number of aliphatic imine (C=N–C) groups is 1. The number of carbonyl (C=O) groups is 2. The summed E-state index contributed by atoms with van der Waals surface area (Å²) in [5.74, 6) is 0.195. The van der Waals surface area contributed by atoms with Crippen LogP contribution in [0.2, 0.25) is 0 Å². The van der Waals surface area contributed by atoms with Gasteiger partial charge >= 0.3 is 5.97 Å². The van der Waals surface area contributed by atoms with E-state index in [0.29, 0.717) is 18.1 Å². The average molecular weight is 476 g/mol. The SMILES string of the molecule is CCC(C)NC(=NCc1ccc(C(=O)OC)cc1)NCC(=O)N(C)C.I. The Bertz CT molecular complexity index is 603. The molecule has 8 heteroatoms. The first-order valence-corrected chi connectivity index (χ1v) is 8.29. The zero-order valence-corrected chi connectivity index (χ0v) is 18.4. The third kappa shape index (κ3) is 8.50. The average Bonchev–Trinajstić information content (AvgIpc) is 2.62. The quantitative estimate of drug-likeness (QED) is 0.272. The number of hydrogen-bond acceptors (Lipinski definition) is 4. The van der Waals surface area contributed by atoms with Crippen LogP contribution < -0.4 is 10.6 Å². The molecule has 1 aromatic rings. The van der Waals surface area contributed by atoms with Crippen LogP contribution >= 0.6 is 24.0 Å². The molecule has 0 aliphatic rings. The molecule has 0 radical (unpaired) electrons. The van der Waals surface area contributed by atoms with Gasteiger partial charge in [-0.1, -0.05) is 19.1 Å². The number of nitrogens with zero attached hydrogens (tertiary/aromatic N) is 2. The molecule has 1 aromatic carbocycles. The monoisotopic (exact) mass is 476 g/mol. The lowest BCUT2D eigenvalue weighted by Gasteiger charge is -2.18. The highest BCUT2D eigenvalue weighted by Crippen LogP contribution is 2.07. The number of halogens is 1. The largest absolute Gasteiger partial charge is 0.465 e. The maximum atomic E-state index is 11.7. The molecule has 0 aromatic heterocycles. The molecule has 0 spiro atoms. The molecular formula is C18H29IN4O3. The van der Waals surface area contributed by atoms with Gasteiger partial charge in [0.15, 0.2) is 5.96 Å². The van der Waals surface area contributed by atoms with Crippen LogP contribution in [-0.2, 0) is 16.1 Å². The van der Waals surface area contributed by atoms with E-state index in [1.54, 1.807) is 26.2 Å². The molecule has 1 rings (SSSR count). The van der Waals surface area contributed by atoms with E-state index in [1.807, 2.05) is 12.1 Å². The number of guanidine groups is 1. The van der Waals surface area contributed by atoms with Crippen molar-refractivity contribution in [1.82, 2.24) is 15.5 Å². The Morgan fingerprint density at radius 1 is 1.23 bits per heavy atom. The Morgan fingerprint density at radius 3 is 2.35 bits per heavy atom. The van der Waals surface area contributed by atoms with Gasteiger partial charge in [0, 0.05) is 20.1 Å². The third-order valence-electron chi connectivity index (χ3n) is 3.70. The minimum absolute atomic E-state index is 0. The highest BCUT2D eigenvalue weighted by molar-refractivity contribution is 14.0. The van der Waals surface area contributed by atoms with Gasteiger partial charge < -0.3 is 20.3 Å². The summed E-state index contributed by atoms with van der Waals surface area (Å²) < 4.78 is 4.68. The Hall–Kier alpha value is -1.84. The topological polar surface area (TPSA) is 83.0 Å². The number of methoxy groups -OCH3 is 1. The summed E-state index contributed by atoms with van der Waals surface area (Å²) in [5, 5.41) is 6.31. The zero-order chi connectivity index (χ0) is 18.8. The van der Waals surface area contributed by atoms with Crippen molar-refractivity contribution in [1.29, 1.82) is 0 Å². The number of likely N-dealkylation sites (N-methyl/N-ethyl adjacent to an activating group) is 1. The molecule has 1 atom stereocenters. The number of esters is 1. The Labute approximate surface area is 172 Å². The molecule has 7 nitrogen and oxygen atoms in total. The van der Waals surface area contributed by atoms with Crippen LogP contribution in [0.25, 0.3) is 0 Å². The van der Waals surface area contributed by atoms with Crippen LogP contribution in [0.1, 0.15) is 36.2 Å². The molecular weight excluding hydrogens is 447 g/mol. The van der Waals surface area contributed by atoms with Crippen molar-refractivity contribution in [2.45, 2.75) is 32.9 Å². The highest BCUT2D eigenvalue weighted by atomic mass is 127. The number of hydrogen-bond donors (Lipinski definition) is 2. The highest BCUT2D eigenvalue weighted by Gasteiger charge is 2.08. The Balaban J connectivity index is 0.00000625. The van der Waals surface area contributed by atoms with Crippen molar-refractivity contribution in [3.63, 3.8) is 0 Å². The van der Waals surface area contributed by atoms with Crippen LogP contribution in [0.15, 0.2) is 29.3 Å². The zero-order valence-electron chi connectivity index (χ0n) is 16.0. The second-order valence-corrected chi connectivity index (χ2v) is 5.95. The van der Waals surface area contributed by atoms with E-state index in [1.165, 1.54) is 12.0 Å². The molecule has 1 unspecified atom stereocenters. The maximum absolute atomic E-state index is 11.7. The fourth-order valence-electron chi connectivity index (χ4n) is 1.84. The van der Waals surface area contributed by atoms with Crippen LogP contribution in [0, 0.1) is 0 Å². The minimum Gasteiger partial charge on any atom is -0.465 e. The Morgan fingerprint density at radius 2 is 1.85 bits per heavy atom. The van der Waals surface area contributed by atoms with Gasteiger partial charge in [-0.3, -0.25) is 4.79 Å². The van der Waals surface area contributed by atoms with Gasteiger partial charge in [0.25, 0.3) is 0 Å². The summed E-state index contributed by atoms with van der Waals surface area (Å²) in [4.78, 5) is 29.2. The number of rotatable bonds is 7. The standard InChI is InChI=1S/C18H28N4O3.HI/c1-6-13(2)21-18(20-12-16(23)22(3)4)19-11-14-7-9-15(10-8-14)17(24)25-5;/h7-10,13H,6,11-12H2,1-5H3,(H2,19,20,21);1H. The molecule has 0 aliphatic carbocycles. The second kappa shape index (κ2) is 12.5. The first-order chi connectivity index (χ1) is 11.9. The fraction of sp³-hybridized carbons (Fsp3) is 0.500. The van der Waals surface area contributed by atoms with E-state index in [2.05, 4.69) is 34.2 Å². The van der Waals surface area contributed by atoms with Crippen molar-refractivity contribution in [2.75, 3.05) is 27.7 Å².